The van der Waals surface area contributed by atoms with E-state index in [0.717, 1.165) is 37.8 Å². The molecule has 1 aromatic rings. The lowest BCUT2D eigenvalue weighted by molar-refractivity contribution is 0.116. The molecular weight excluding hydrogens is 257 g/mol. The van der Waals surface area contributed by atoms with Crippen molar-refractivity contribution >= 4 is 23.2 Å². The van der Waals surface area contributed by atoms with Crippen molar-refractivity contribution in [1.29, 1.82) is 0 Å². The second kappa shape index (κ2) is 6.05. The molecule has 2 N–H and O–H groups in total. The van der Waals surface area contributed by atoms with Crippen LogP contribution in [0.4, 0.5) is 0 Å². The Kier molecular flexibility index (Phi) is 4.69. The van der Waals surface area contributed by atoms with E-state index >= 15 is 0 Å². The molecule has 1 aromatic carbocycles. The van der Waals surface area contributed by atoms with Crippen molar-refractivity contribution < 1.29 is 5.11 Å². The highest BCUT2D eigenvalue weighted by Gasteiger charge is 2.18. The van der Waals surface area contributed by atoms with Gasteiger partial charge < -0.3 is 10.4 Å². The first kappa shape index (κ1) is 13.2. The Labute approximate surface area is 112 Å². The van der Waals surface area contributed by atoms with Crippen LogP contribution in [0.5, 0.6) is 0 Å². The van der Waals surface area contributed by atoms with Crippen molar-refractivity contribution in [1.82, 2.24) is 5.32 Å². The van der Waals surface area contributed by atoms with Gasteiger partial charge in [-0.1, -0.05) is 23.2 Å². The first-order valence-electron chi connectivity index (χ1n) is 6.00. The third-order valence-electron chi connectivity index (χ3n) is 3.21. The maximum absolute atomic E-state index is 9.42. The minimum absolute atomic E-state index is 0.103. The zero-order chi connectivity index (χ0) is 12.3. The van der Waals surface area contributed by atoms with E-state index in [9.17, 15) is 5.11 Å². The van der Waals surface area contributed by atoms with Crippen molar-refractivity contribution in [2.24, 2.45) is 0 Å². The number of halogens is 2. The van der Waals surface area contributed by atoms with Crippen LogP contribution in [0.2, 0.25) is 10.0 Å². The van der Waals surface area contributed by atoms with E-state index in [4.69, 9.17) is 23.2 Å². The fourth-order valence-corrected chi connectivity index (χ4v) is 2.83. The quantitative estimate of drug-likeness (QED) is 0.885. The van der Waals surface area contributed by atoms with Crippen molar-refractivity contribution in [2.45, 2.75) is 44.4 Å². The van der Waals surface area contributed by atoms with Gasteiger partial charge in [-0.3, -0.25) is 0 Å². The van der Waals surface area contributed by atoms with Crippen LogP contribution < -0.4 is 5.32 Å². The zero-order valence-electron chi connectivity index (χ0n) is 9.63. The number of aliphatic hydroxyl groups excluding tert-OH is 1. The summed E-state index contributed by atoms with van der Waals surface area (Å²) in [5.41, 5.74) is 1.11. The molecule has 17 heavy (non-hydrogen) atoms. The number of nitrogens with one attached hydrogen (secondary N) is 1. The van der Waals surface area contributed by atoms with E-state index in [1.807, 2.05) is 12.1 Å². The van der Waals surface area contributed by atoms with Gasteiger partial charge >= 0.3 is 0 Å². The average Bonchev–Trinajstić information content (AvgIpc) is 2.27. The highest BCUT2D eigenvalue weighted by Crippen LogP contribution is 2.21. The summed E-state index contributed by atoms with van der Waals surface area (Å²) in [6.07, 6.45) is 3.76. The maximum atomic E-state index is 9.42. The molecule has 4 heteroatoms. The van der Waals surface area contributed by atoms with Crippen LogP contribution in [0.25, 0.3) is 0 Å². The van der Waals surface area contributed by atoms with Gasteiger partial charge in [0.25, 0.3) is 0 Å². The van der Waals surface area contributed by atoms with Gasteiger partial charge in [-0.25, -0.2) is 0 Å². The Morgan fingerprint density at radius 3 is 2.24 bits per heavy atom. The second-order valence-corrected chi connectivity index (χ2v) is 5.54. The lowest BCUT2D eigenvalue weighted by atomic mass is 9.93. The first-order chi connectivity index (χ1) is 8.13. The van der Waals surface area contributed by atoms with Gasteiger partial charge in [0.1, 0.15) is 0 Å². The van der Waals surface area contributed by atoms with E-state index in [1.165, 1.54) is 0 Å². The molecule has 0 unspecified atom stereocenters. The van der Waals surface area contributed by atoms with Gasteiger partial charge in [0.2, 0.25) is 0 Å². The summed E-state index contributed by atoms with van der Waals surface area (Å²) in [6, 6.07) is 6.09. The fraction of sp³-hybridized carbons (Fsp3) is 0.538. The van der Waals surface area contributed by atoms with Gasteiger partial charge in [0.05, 0.1) is 6.10 Å². The SMILES string of the molecule is OC1CCC(NCc2cc(Cl)cc(Cl)c2)CC1. The lowest BCUT2D eigenvalue weighted by Crippen LogP contribution is -2.34. The Morgan fingerprint density at radius 2 is 1.65 bits per heavy atom. The number of rotatable bonds is 3. The van der Waals surface area contributed by atoms with Crippen LogP contribution in [0.3, 0.4) is 0 Å². The van der Waals surface area contributed by atoms with Gasteiger partial charge in [0.15, 0.2) is 0 Å². The molecule has 2 rings (SSSR count). The highest BCUT2D eigenvalue weighted by molar-refractivity contribution is 6.34. The van der Waals surface area contributed by atoms with Crippen molar-refractivity contribution in [3.05, 3.63) is 33.8 Å². The molecule has 1 saturated carbocycles. The second-order valence-electron chi connectivity index (χ2n) is 4.66. The number of hydrogen-bond donors (Lipinski definition) is 2. The normalized spacial score (nSPS) is 24.9. The van der Waals surface area contributed by atoms with Crippen LogP contribution in [0.15, 0.2) is 18.2 Å². The third-order valence-corrected chi connectivity index (χ3v) is 3.65. The maximum Gasteiger partial charge on any atom is 0.0541 e. The molecule has 0 aromatic heterocycles. The van der Waals surface area contributed by atoms with Gasteiger partial charge in [-0.2, -0.15) is 0 Å². The summed E-state index contributed by atoms with van der Waals surface area (Å²) in [4.78, 5) is 0. The molecule has 0 radical (unpaired) electrons. The topological polar surface area (TPSA) is 32.3 Å². The Bertz CT molecular complexity index is 355. The molecule has 0 bridgehead atoms. The molecule has 0 amide bonds. The summed E-state index contributed by atoms with van der Waals surface area (Å²) in [6.45, 7) is 0.779. The Hall–Kier alpha value is -0.280. The summed E-state index contributed by atoms with van der Waals surface area (Å²) in [7, 11) is 0. The molecule has 0 saturated heterocycles. The molecule has 0 spiro atoms. The van der Waals surface area contributed by atoms with Crippen LogP contribution in [-0.2, 0) is 6.54 Å². The minimum Gasteiger partial charge on any atom is -0.393 e. The average molecular weight is 274 g/mol. The number of hydrogen-bond acceptors (Lipinski definition) is 2. The van der Waals surface area contributed by atoms with E-state index < -0.39 is 0 Å². The van der Waals surface area contributed by atoms with Crippen LogP contribution in [0, 0.1) is 0 Å². The van der Waals surface area contributed by atoms with E-state index in [1.54, 1.807) is 6.07 Å². The largest absolute Gasteiger partial charge is 0.393 e. The number of benzene rings is 1. The van der Waals surface area contributed by atoms with Crippen LogP contribution >= 0.6 is 23.2 Å². The summed E-state index contributed by atoms with van der Waals surface area (Å²) in [5.74, 6) is 0. The molecule has 0 aliphatic heterocycles. The van der Waals surface area contributed by atoms with Gasteiger partial charge in [0, 0.05) is 22.6 Å². The summed E-state index contributed by atoms with van der Waals surface area (Å²) >= 11 is 11.9. The highest BCUT2D eigenvalue weighted by atomic mass is 35.5. The summed E-state index contributed by atoms with van der Waals surface area (Å²) < 4.78 is 0. The lowest BCUT2D eigenvalue weighted by Gasteiger charge is -2.26. The zero-order valence-corrected chi connectivity index (χ0v) is 11.1. The fourth-order valence-electron chi connectivity index (χ4n) is 2.26. The third kappa shape index (κ3) is 4.14. The van der Waals surface area contributed by atoms with E-state index in [-0.39, 0.29) is 6.10 Å². The monoisotopic (exact) mass is 273 g/mol. The van der Waals surface area contributed by atoms with Crippen LogP contribution in [-0.4, -0.2) is 17.3 Å². The van der Waals surface area contributed by atoms with Crippen molar-refractivity contribution in [2.75, 3.05) is 0 Å². The Balaban J connectivity index is 1.85. The summed E-state index contributed by atoms with van der Waals surface area (Å²) in [5, 5.41) is 14.3. The molecule has 94 valence electrons. The van der Waals surface area contributed by atoms with E-state index in [2.05, 4.69) is 5.32 Å². The predicted octanol–water partition coefficient (Wildman–Crippen LogP) is 3.39. The van der Waals surface area contributed by atoms with Gasteiger partial charge in [-0.15, -0.1) is 0 Å². The Morgan fingerprint density at radius 1 is 1.06 bits per heavy atom. The molecule has 2 nitrogen and oxygen atoms in total. The first-order valence-corrected chi connectivity index (χ1v) is 6.75. The standard InChI is InChI=1S/C13H17Cl2NO/c14-10-5-9(6-11(15)7-10)8-16-12-1-3-13(17)4-2-12/h5-7,12-13,16-17H,1-4,8H2. The smallest absolute Gasteiger partial charge is 0.0541 e. The van der Waals surface area contributed by atoms with Crippen molar-refractivity contribution in [3.8, 4) is 0 Å². The molecule has 1 aliphatic rings. The van der Waals surface area contributed by atoms with Crippen molar-refractivity contribution in [3.63, 3.8) is 0 Å². The number of aliphatic hydroxyl groups is 1. The van der Waals surface area contributed by atoms with Gasteiger partial charge in [-0.05, 0) is 49.4 Å². The van der Waals surface area contributed by atoms with Crippen LogP contribution in [0.1, 0.15) is 31.2 Å². The molecule has 1 fully saturated rings. The molecule has 0 heterocycles. The van der Waals surface area contributed by atoms with E-state index in [0.29, 0.717) is 16.1 Å². The predicted molar refractivity (Wildman–Crippen MR) is 71.6 cm³/mol. The minimum atomic E-state index is -0.103. The molecular formula is C13H17Cl2NO. The molecule has 1 aliphatic carbocycles. The molecule has 0 atom stereocenters.